The van der Waals surface area contributed by atoms with Gasteiger partial charge in [0.15, 0.2) is 0 Å². The first-order valence-electron chi connectivity index (χ1n) is 3.11. The summed E-state index contributed by atoms with van der Waals surface area (Å²) in [7, 11) is 0. The number of hydrogen-bond acceptors (Lipinski definition) is 3. The summed E-state index contributed by atoms with van der Waals surface area (Å²) in [6, 6.07) is 1.33. The fraction of sp³-hybridized carbons (Fsp3) is 0. The predicted octanol–water partition coefficient (Wildman–Crippen LogP) is 2.20. The van der Waals surface area contributed by atoms with E-state index in [0.29, 0.717) is 5.56 Å². The minimum Gasteiger partial charge on any atom is -0.264 e. The largest absolute Gasteiger partial charge is 0.279 e. The maximum absolute atomic E-state index is 10.4. The van der Waals surface area contributed by atoms with Crippen LogP contribution < -0.4 is 0 Å². The average Bonchev–Trinajstić information content (AvgIpc) is 2.05. The number of aromatic nitrogens is 1. The summed E-state index contributed by atoms with van der Waals surface area (Å²) in [4.78, 5) is 13.7. The molecule has 5 heteroatoms. The second-order valence-corrected chi connectivity index (χ2v) is 2.24. The van der Waals surface area contributed by atoms with Gasteiger partial charge in [-0.25, -0.2) is 0 Å². The van der Waals surface area contributed by atoms with Crippen LogP contribution in [-0.4, -0.2) is 9.91 Å². The molecule has 0 N–H and O–H groups in total. The minimum absolute atomic E-state index is 0.00176. The summed E-state index contributed by atoms with van der Waals surface area (Å²) in [5, 5.41) is 10.4. The summed E-state index contributed by atoms with van der Waals surface area (Å²) >= 11 is 5.28. The van der Waals surface area contributed by atoms with Crippen molar-refractivity contribution in [2.24, 2.45) is 0 Å². The highest BCUT2D eigenvalue weighted by Gasteiger charge is 2.09. The van der Waals surface area contributed by atoms with Crippen molar-refractivity contribution in [2.75, 3.05) is 0 Å². The van der Waals surface area contributed by atoms with Crippen LogP contribution in [0.4, 0.5) is 5.69 Å². The van der Waals surface area contributed by atoms with E-state index in [1.54, 1.807) is 0 Å². The van der Waals surface area contributed by atoms with Crippen molar-refractivity contribution in [1.82, 2.24) is 4.98 Å². The van der Waals surface area contributed by atoms with Gasteiger partial charge in [0.25, 0.3) is 5.69 Å². The summed E-state index contributed by atoms with van der Waals surface area (Å²) in [5.41, 5.74) is 1.61. The molecule has 4 nitrogen and oxygen atoms in total. The van der Waals surface area contributed by atoms with Gasteiger partial charge in [-0.3, -0.25) is 15.1 Å². The van der Waals surface area contributed by atoms with E-state index in [0.717, 1.165) is 0 Å². The molecule has 0 spiro atoms. The zero-order chi connectivity index (χ0) is 8.97. The summed E-state index contributed by atoms with van der Waals surface area (Å²) in [6.07, 6.45) is 4.17. The molecule has 0 aromatic carbocycles. The lowest BCUT2D eigenvalue weighted by Gasteiger charge is -1.93. The van der Waals surface area contributed by atoms with Crippen molar-refractivity contribution in [1.29, 1.82) is 0 Å². The summed E-state index contributed by atoms with van der Waals surface area (Å²) in [5.74, 6) is 0. The monoisotopic (exact) mass is 184 g/mol. The van der Waals surface area contributed by atoms with Crippen LogP contribution in [0, 0.1) is 10.1 Å². The van der Waals surface area contributed by atoms with E-state index in [-0.39, 0.29) is 5.69 Å². The quantitative estimate of drug-likeness (QED) is 0.523. The van der Waals surface area contributed by atoms with Gasteiger partial charge in [-0.1, -0.05) is 11.6 Å². The zero-order valence-corrected chi connectivity index (χ0v) is 6.73. The van der Waals surface area contributed by atoms with E-state index in [1.165, 1.54) is 30.1 Å². The van der Waals surface area contributed by atoms with E-state index in [1.807, 2.05) is 0 Å². The van der Waals surface area contributed by atoms with Crippen LogP contribution in [0.25, 0.3) is 6.08 Å². The predicted molar refractivity (Wildman–Crippen MR) is 45.8 cm³/mol. The molecule has 0 fully saturated rings. The molecule has 0 aliphatic carbocycles. The van der Waals surface area contributed by atoms with Crippen molar-refractivity contribution in [3.63, 3.8) is 0 Å². The number of pyridine rings is 1. The third-order valence-electron chi connectivity index (χ3n) is 1.27. The molecule has 0 saturated carbocycles. The van der Waals surface area contributed by atoms with Crippen LogP contribution in [-0.2, 0) is 0 Å². The van der Waals surface area contributed by atoms with Gasteiger partial charge in [-0.05, 0) is 6.08 Å². The standard InChI is InChI=1S/C7H5ClN2O2/c8-3-1-6-5-9-4-2-7(6)10(11)12/h1-5H/b3-1+. The lowest BCUT2D eigenvalue weighted by molar-refractivity contribution is -0.385. The highest BCUT2D eigenvalue weighted by atomic mass is 35.5. The third kappa shape index (κ3) is 1.79. The maximum atomic E-state index is 10.4. The van der Waals surface area contributed by atoms with Crippen LogP contribution in [0.15, 0.2) is 24.0 Å². The Labute approximate surface area is 73.6 Å². The van der Waals surface area contributed by atoms with E-state index in [4.69, 9.17) is 11.6 Å². The average molecular weight is 185 g/mol. The molecule has 1 rings (SSSR count). The third-order valence-corrected chi connectivity index (χ3v) is 1.39. The smallest absolute Gasteiger partial charge is 0.264 e. The molecule has 0 unspecified atom stereocenters. The van der Waals surface area contributed by atoms with Crippen molar-refractivity contribution >= 4 is 23.4 Å². The number of hydrogen-bond donors (Lipinski definition) is 0. The van der Waals surface area contributed by atoms with E-state index in [2.05, 4.69) is 4.98 Å². The SMILES string of the molecule is O=[N+]([O-])c1ccncc1/C=C/Cl. The van der Waals surface area contributed by atoms with Gasteiger partial charge < -0.3 is 0 Å². The van der Waals surface area contributed by atoms with E-state index >= 15 is 0 Å². The molecule has 0 saturated heterocycles. The molecule has 1 aromatic heterocycles. The van der Waals surface area contributed by atoms with Crippen molar-refractivity contribution < 1.29 is 4.92 Å². The fourth-order valence-corrected chi connectivity index (χ4v) is 0.898. The molecule has 0 amide bonds. The Morgan fingerprint density at radius 2 is 2.42 bits per heavy atom. The molecule has 0 bridgehead atoms. The highest BCUT2D eigenvalue weighted by Crippen LogP contribution is 2.17. The Kier molecular flexibility index (Phi) is 2.76. The molecule has 0 atom stereocenters. The molecular formula is C7H5ClN2O2. The Morgan fingerprint density at radius 3 is 3.00 bits per heavy atom. The van der Waals surface area contributed by atoms with Crippen LogP contribution in [0.1, 0.15) is 5.56 Å². The van der Waals surface area contributed by atoms with E-state index in [9.17, 15) is 10.1 Å². The maximum Gasteiger partial charge on any atom is 0.279 e. The van der Waals surface area contributed by atoms with Gasteiger partial charge in [0, 0.05) is 24.0 Å². The van der Waals surface area contributed by atoms with Crippen molar-refractivity contribution in [3.8, 4) is 0 Å². The van der Waals surface area contributed by atoms with Crippen LogP contribution in [0.2, 0.25) is 0 Å². The Balaban J connectivity index is 3.17. The number of nitro groups is 1. The first-order chi connectivity index (χ1) is 5.75. The molecule has 0 aliphatic heterocycles. The van der Waals surface area contributed by atoms with Crippen LogP contribution in [0.5, 0.6) is 0 Å². The van der Waals surface area contributed by atoms with Crippen molar-refractivity contribution in [3.05, 3.63) is 39.7 Å². The van der Waals surface area contributed by atoms with Gasteiger partial charge >= 0.3 is 0 Å². The number of nitrogens with zero attached hydrogens (tertiary/aromatic N) is 2. The number of halogens is 1. The summed E-state index contributed by atoms with van der Waals surface area (Å²) in [6.45, 7) is 0. The molecule has 0 radical (unpaired) electrons. The Morgan fingerprint density at radius 1 is 1.67 bits per heavy atom. The lowest BCUT2D eigenvalue weighted by Crippen LogP contribution is -1.91. The number of rotatable bonds is 2. The van der Waals surface area contributed by atoms with Gasteiger partial charge in [-0.15, -0.1) is 0 Å². The Hall–Kier alpha value is -1.42. The molecule has 12 heavy (non-hydrogen) atoms. The van der Waals surface area contributed by atoms with Gasteiger partial charge in [0.05, 0.1) is 10.5 Å². The normalized spacial score (nSPS) is 10.4. The zero-order valence-electron chi connectivity index (χ0n) is 5.98. The fourth-order valence-electron chi connectivity index (χ4n) is 0.762. The lowest BCUT2D eigenvalue weighted by atomic mass is 10.2. The second kappa shape index (κ2) is 3.82. The van der Waals surface area contributed by atoms with Crippen LogP contribution >= 0.6 is 11.6 Å². The Bertz CT molecular complexity index is 325. The van der Waals surface area contributed by atoms with E-state index < -0.39 is 4.92 Å². The second-order valence-electron chi connectivity index (χ2n) is 1.98. The van der Waals surface area contributed by atoms with Crippen LogP contribution in [0.3, 0.4) is 0 Å². The molecule has 1 heterocycles. The topological polar surface area (TPSA) is 56.0 Å². The van der Waals surface area contributed by atoms with Gasteiger partial charge in [-0.2, -0.15) is 0 Å². The molecular weight excluding hydrogens is 180 g/mol. The van der Waals surface area contributed by atoms with Gasteiger partial charge in [0.1, 0.15) is 0 Å². The first-order valence-corrected chi connectivity index (χ1v) is 3.54. The van der Waals surface area contributed by atoms with Gasteiger partial charge in [0.2, 0.25) is 0 Å². The molecule has 1 aromatic rings. The first kappa shape index (κ1) is 8.67. The summed E-state index contributed by atoms with van der Waals surface area (Å²) < 4.78 is 0. The molecule has 62 valence electrons. The van der Waals surface area contributed by atoms with Crippen molar-refractivity contribution in [2.45, 2.75) is 0 Å². The minimum atomic E-state index is -0.478. The molecule has 0 aliphatic rings. The highest BCUT2D eigenvalue weighted by molar-refractivity contribution is 6.27.